The molecule has 0 radical (unpaired) electrons. The summed E-state index contributed by atoms with van der Waals surface area (Å²) in [7, 11) is 2.49. The van der Waals surface area contributed by atoms with Crippen molar-refractivity contribution < 1.29 is 24.5 Å². The minimum Gasteiger partial charge on any atom is -0.464 e. The molecule has 0 saturated heterocycles. The molecule has 156 valence electrons. The van der Waals surface area contributed by atoms with Gasteiger partial charge in [0.1, 0.15) is 11.0 Å². The second-order valence-electron chi connectivity index (χ2n) is 3.88. The van der Waals surface area contributed by atoms with Crippen molar-refractivity contribution in [3.63, 3.8) is 0 Å². The van der Waals surface area contributed by atoms with Gasteiger partial charge in [0, 0.05) is 12.1 Å². The molecule has 9 N–H and O–H groups in total. The molecule has 0 aliphatic carbocycles. The van der Waals surface area contributed by atoms with Crippen molar-refractivity contribution in [2.75, 3.05) is 19.6 Å². The zero-order valence-corrected chi connectivity index (χ0v) is 16.7. The van der Waals surface area contributed by atoms with E-state index in [1.807, 2.05) is 0 Å². The molecule has 0 saturated carbocycles. The lowest BCUT2D eigenvalue weighted by atomic mass is 10.4. The Morgan fingerprint density at radius 3 is 1.71 bits per heavy atom. The van der Waals surface area contributed by atoms with Crippen LogP contribution in [0.15, 0.2) is 12.1 Å². The summed E-state index contributed by atoms with van der Waals surface area (Å²) in [6.07, 6.45) is 0. The third-order valence-corrected chi connectivity index (χ3v) is 2.84. The number of hydrazine groups is 2. The number of hydrogen-bond acceptors (Lipinski definition) is 12. The number of nitrogens with one attached hydrogen (secondary N) is 1. The molecule has 0 aliphatic heterocycles. The van der Waals surface area contributed by atoms with Crippen LogP contribution >= 0.6 is 34.8 Å². The first kappa shape index (κ1) is 27.8. The first-order chi connectivity index (χ1) is 12.8. The van der Waals surface area contributed by atoms with Crippen LogP contribution in [-0.4, -0.2) is 51.6 Å². The lowest BCUT2D eigenvalue weighted by Gasteiger charge is -2.01. The Hall–Kier alpha value is -2.39. The number of aromatic nitrogens is 4. The summed E-state index contributed by atoms with van der Waals surface area (Å²) in [5, 5.41) is -0.0471. The first-order valence-corrected chi connectivity index (χ1v) is 7.65. The number of halogens is 3. The van der Waals surface area contributed by atoms with Crippen LogP contribution < -0.4 is 23.0 Å². The number of esters is 2. The van der Waals surface area contributed by atoms with Gasteiger partial charge >= 0.3 is 11.9 Å². The number of nitrogens with two attached hydrogens (primary N) is 3. The van der Waals surface area contributed by atoms with E-state index in [0.29, 0.717) is 0 Å². The van der Waals surface area contributed by atoms with Gasteiger partial charge in [0.25, 0.3) is 0 Å². The van der Waals surface area contributed by atoms with Gasteiger partial charge in [-0.1, -0.05) is 11.6 Å². The van der Waals surface area contributed by atoms with Gasteiger partial charge in [-0.2, -0.15) is 4.98 Å². The summed E-state index contributed by atoms with van der Waals surface area (Å²) in [5.74, 6) is 12.1. The number of nitrogen functional groups attached to an aromatic ring is 1. The Kier molecular flexibility index (Phi) is 14.5. The molecule has 0 bridgehead atoms. The Morgan fingerprint density at radius 1 is 0.893 bits per heavy atom. The van der Waals surface area contributed by atoms with E-state index in [2.05, 4.69) is 46.5 Å². The first-order valence-electron chi connectivity index (χ1n) is 6.52. The van der Waals surface area contributed by atoms with E-state index in [1.165, 1.54) is 26.4 Å². The molecule has 0 fully saturated rings. The SMILES string of the molecule is COC(=O)c1cc(Cl)nc(Cl)n1.COC(=O)c1cc(NN)nc(Cl)n1.NN.O. The summed E-state index contributed by atoms with van der Waals surface area (Å²) in [4.78, 5) is 36.4. The average molecular weight is 460 g/mol. The van der Waals surface area contributed by atoms with Crippen molar-refractivity contribution in [3.05, 3.63) is 39.2 Å². The molecule has 16 heteroatoms. The highest BCUT2D eigenvalue weighted by Gasteiger charge is 2.10. The highest BCUT2D eigenvalue weighted by molar-refractivity contribution is 6.32. The highest BCUT2D eigenvalue weighted by Crippen LogP contribution is 2.11. The van der Waals surface area contributed by atoms with Crippen LogP contribution in [-0.2, 0) is 9.47 Å². The fourth-order valence-electron chi connectivity index (χ4n) is 1.30. The van der Waals surface area contributed by atoms with Crippen LogP contribution in [0.25, 0.3) is 0 Å². The molecule has 0 aromatic carbocycles. The van der Waals surface area contributed by atoms with E-state index >= 15 is 0 Å². The van der Waals surface area contributed by atoms with Gasteiger partial charge in [0.05, 0.1) is 14.2 Å². The lowest BCUT2D eigenvalue weighted by Crippen LogP contribution is -2.12. The molecule has 0 atom stereocenters. The molecule has 2 aromatic heterocycles. The molecule has 0 amide bonds. The molecule has 2 rings (SSSR count). The number of ether oxygens (including phenoxy) is 2. The largest absolute Gasteiger partial charge is 0.464 e. The number of nitrogens with zero attached hydrogens (tertiary/aromatic N) is 4. The van der Waals surface area contributed by atoms with E-state index in [9.17, 15) is 9.59 Å². The van der Waals surface area contributed by atoms with Crippen molar-refractivity contribution in [2.45, 2.75) is 0 Å². The number of carbonyl (C=O) groups is 2. The molecule has 13 nitrogen and oxygen atoms in total. The molecule has 0 unspecified atom stereocenters. The van der Waals surface area contributed by atoms with Crippen LogP contribution in [0.4, 0.5) is 5.82 Å². The molecule has 2 heterocycles. The molecule has 2 aromatic rings. The standard InChI is InChI=1S/C6H4Cl2N2O2.C6H7ClN4O2.H4N2.H2O/c1-12-5(11)3-2-4(7)10-6(8)9-3;1-13-5(12)3-2-4(11-8)10-6(7)9-3;1-2;/h2H,1H3;2H,8H2,1H3,(H,9,10,11);1-2H2;1H2. The summed E-state index contributed by atoms with van der Waals surface area (Å²) < 4.78 is 8.83. The zero-order valence-electron chi connectivity index (χ0n) is 14.4. The fourth-order valence-corrected chi connectivity index (χ4v) is 1.89. The normalized spacial score (nSPS) is 8.71. The lowest BCUT2D eigenvalue weighted by molar-refractivity contribution is 0.0585. The van der Waals surface area contributed by atoms with Crippen LogP contribution in [0.2, 0.25) is 15.7 Å². The maximum absolute atomic E-state index is 11.0. The number of hydrogen-bond donors (Lipinski definition) is 4. The van der Waals surface area contributed by atoms with Crippen LogP contribution in [0.5, 0.6) is 0 Å². The minimum absolute atomic E-state index is 0. The molecule has 28 heavy (non-hydrogen) atoms. The summed E-state index contributed by atoms with van der Waals surface area (Å²) in [6.45, 7) is 0. The quantitative estimate of drug-likeness (QED) is 0.153. The minimum atomic E-state index is -0.596. The van der Waals surface area contributed by atoms with Crippen molar-refractivity contribution in [2.24, 2.45) is 17.5 Å². The van der Waals surface area contributed by atoms with Crippen molar-refractivity contribution in [1.82, 2.24) is 19.9 Å². The number of carbonyl (C=O) groups excluding carboxylic acids is 2. The maximum atomic E-state index is 11.0. The maximum Gasteiger partial charge on any atom is 0.356 e. The average Bonchev–Trinajstić information content (AvgIpc) is 2.67. The van der Waals surface area contributed by atoms with E-state index in [0.717, 1.165) is 0 Å². The topological polar surface area (TPSA) is 226 Å². The summed E-state index contributed by atoms with van der Waals surface area (Å²) >= 11 is 16.4. The second kappa shape index (κ2) is 14.6. The Bertz CT molecular complexity index is 763. The fraction of sp³-hybridized carbons (Fsp3) is 0.167. The molecule has 0 spiro atoms. The predicted octanol–water partition coefficient (Wildman–Crippen LogP) is -0.234. The number of anilines is 1. The van der Waals surface area contributed by atoms with Gasteiger partial charge < -0.3 is 20.4 Å². The van der Waals surface area contributed by atoms with Crippen LogP contribution in [0.1, 0.15) is 21.0 Å². The van der Waals surface area contributed by atoms with E-state index < -0.39 is 11.9 Å². The van der Waals surface area contributed by atoms with Crippen LogP contribution in [0.3, 0.4) is 0 Å². The Morgan fingerprint density at radius 2 is 1.32 bits per heavy atom. The Labute approximate surface area is 173 Å². The van der Waals surface area contributed by atoms with Gasteiger partial charge in [-0.15, -0.1) is 0 Å². The number of rotatable bonds is 3. The second-order valence-corrected chi connectivity index (χ2v) is 4.94. The van der Waals surface area contributed by atoms with Gasteiger partial charge in [-0.05, 0) is 23.2 Å². The van der Waals surface area contributed by atoms with Crippen molar-refractivity contribution in [3.8, 4) is 0 Å². The predicted molar refractivity (Wildman–Crippen MR) is 102 cm³/mol. The van der Waals surface area contributed by atoms with Gasteiger partial charge in [0.2, 0.25) is 10.6 Å². The van der Waals surface area contributed by atoms with Gasteiger partial charge in [0.15, 0.2) is 11.4 Å². The number of methoxy groups -OCH3 is 2. The van der Waals surface area contributed by atoms with Crippen molar-refractivity contribution >= 4 is 52.6 Å². The van der Waals surface area contributed by atoms with E-state index in [1.54, 1.807) is 0 Å². The Balaban J connectivity index is 0. The van der Waals surface area contributed by atoms with Gasteiger partial charge in [-0.3, -0.25) is 11.7 Å². The van der Waals surface area contributed by atoms with E-state index in [-0.39, 0.29) is 38.4 Å². The zero-order chi connectivity index (χ0) is 21.0. The molecular formula is C12H17Cl3N8O5. The third kappa shape index (κ3) is 9.52. The van der Waals surface area contributed by atoms with E-state index in [4.69, 9.17) is 40.6 Å². The third-order valence-electron chi connectivity index (χ3n) is 2.30. The van der Waals surface area contributed by atoms with Gasteiger partial charge in [-0.25, -0.2) is 30.4 Å². The van der Waals surface area contributed by atoms with Crippen LogP contribution in [0, 0.1) is 0 Å². The highest BCUT2D eigenvalue weighted by atomic mass is 35.5. The van der Waals surface area contributed by atoms with Crippen molar-refractivity contribution in [1.29, 1.82) is 0 Å². The smallest absolute Gasteiger partial charge is 0.356 e. The summed E-state index contributed by atoms with van der Waals surface area (Å²) in [5.41, 5.74) is 2.34. The monoisotopic (exact) mass is 458 g/mol. The summed E-state index contributed by atoms with van der Waals surface area (Å²) in [6, 6.07) is 2.61. The molecule has 0 aliphatic rings. The molecular weight excluding hydrogens is 443 g/mol.